The number of hydrogen-bond donors (Lipinski definition) is 1. The van der Waals surface area contributed by atoms with Gasteiger partial charge in [0, 0.05) is 19.6 Å². The van der Waals surface area contributed by atoms with Crippen molar-refractivity contribution in [2.45, 2.75) is 13.1 Å². The van der Waals surface area contributed by atoms with Crippen LogP contribution >= 0.6 is 11.3 Å². The van der Waals surface area contributed by atoms with Gasteiger partial charge in [-0.2, -0.15) is 4.98 Å². The maximum atomic E-state index is 13.0. The highest BCUT2D eigenvalue weighted by atomic mass is 32.1. The average molecular weight is 496 g/mol. The molecule has 0 unspecified atom stereocenters. The van der Waals surface area contributed by atoms with Crippen molar-refractivity contribution in [3.8, 4) is 23.0 Å². The van der Waals surface area contributed by atoms with E-state index in [1.165, 1.54) is 22.2 Å². The number of aromatic nitrogens is 3. The van der Waals surface area contributed by atoms with E-state index in [0.717, 1.165) is 10.7 Å². The molecule has 1 aromatic carbocycles. The average Bonchev–Trinajstić information content (AvgIpc) is 3.65. The minimum Gasteiger partial charge on any atom is -0.463 e. The predicted molar refractivity (Wildman–Crippen MR) is 127 cm³/mol. The number of thiazole rings is 1. The molecule has 0 bridgehead atoms. The first kappa shape index (κ1) is 21.6. The molecule has 4 aromatic rings. The summed E-state index contributed by atoms with van der Waals surface area (Å²) in [7, 11) is 0. The molecule has 1 amide bonds. The summed E-state index contributed by atoms with van der Waals surface area (Å²) >= 11 is 1.36. The van der Waals surface area contributed by atoms with Crippen molar-refractivity contribution in [3.05, 3.63) is 52.6 Å². The highest BCUT2D eigenvalue weighted by molar-refractivity contribution is 7.22. The zero-order chi connectivity index (χ0) is 23.8. The van der Waals surface area contributed by atoms with Gasteiger partial charge in [0.25, 0.3) is 0 Å². The number of ether oxygens (including phenoxy) is 3. The van der Waals surface area contributed by atoms with E-state index < -0.39 is 5.69 Å². The van der Waals surface area contributed by atoms with Crippen molar-refractivity contribution >= 4 is 32.7 Å². The largest absolute Gasteiger partial charge is 0.463 e. The second-order valence-electron chi connectivity index (χ2n) is 8.02. The molecule has 1 saturated heterocycles. The van der Waals surface area contributed by atoms with Gasteiger partial charge in [0.2, 0.25) is 12.7 Å². The van der Waals surface area contributed by atoms with Gasteiger partial charge in [-0.1, -0.05) is 17.4 Å². The smallest absolute Gasteiger partial charge is 0.349 e. The SMILES string of the molecule is O=C(Cn1c(=O)nc(-c2ccco2)c2nc(N3CCOCC3)sc21)NCc1ccc2c(c1)OCO2. The van der Waals surface area contributed by atoms with Crippen LogP contribution in [-0.4, -0.2) is 53.5 Å². The van der Waals surface area contributed by atoms with Crippen molar-refractivity contribution in [1.29, 1.82) is 0 Å². The second-order valence-corrected chi connectivity index (χ2v) is 8.98. The zero-order valence-corrected chi connectivity index (χ0v) is 19.4. The number of benzene rings is 1. The number of morpholine rings is 1. The van der Waals surface area contributed by atoms with Crippen LogP contribution in [0, 0.1) is 0 Å². The van der Waals surface area contributed by atoms with Crippen LogP contribution in [-0.2, 0) is 22.6 Å². The van der Waals surface area contributed by atoms with Crippen LogP contribution in [0.25, 0.3) is 21.8 Å². The second kappa shape index (κ2) is 9.04. The molecular formula is C23H21N5O6S. The van der Waals surface area contributed by atoms with Crippen LogP contribution in [0.1, 0.15) is 5.56 Å². The van der Waals surface area contributed by atoms with E-state index >= 15 is 0 Å². The lowest BCUT2D eigenvalue weighted by Crippen LogP contribution is -2.36. The van der Waals surface area contributed by atoms with Gasteiger partial charge >= 0.3 is 5.69 Å². The Morgan fingerprint density at radius 1 is 1.11 bits per heavy atom. The maximum Gasteiger partial charge on any atom is 0.349 e. The first-order valence-corrected chi connectivity index (χ1v) is 11.9. The standard InChI is InChI=1S/C23H21N5O6S/c29-18(24-11-14-3-4-15-17(10-14)34-13-33-15)12-28-21-20(19(25-22(28)30)16-2-1-7-32-16)26-23(35-21)27-5-8-31-9-6-27/h1-4,7,10H,5-6,8-9,11-13H2,(H,24,29). The van der Waals surface area contributed by atoms with Gasteiger partial charge in [0.15, 0.2) is 22.4 Å². The number of furan rings is 1. The number of carbonyl (C=O) groups excluding carboxylic acids is 1. The van der Waals surface area contributed by atoms with E-state index in [4.69, 9.17) is 23.6 Å². The summed E-state index contributed by atoms with van der Waals surface area (Å²) in [6.07, 6.45) is 1.52. The van der Waals surface area contributed by atoms with Crippen LogP contribution in [0.3, 0.4) is 0 Å². The quantitative estimate of drug-likeness (QED) is 0.428. The molecule has 0 saturated carbocycles. The Bertz CT molecular complexity index is 1440. The van der Waals surface area contributed by atoms with Crippen LogP contribution in [0.15, 0.2) is 45.8 Å². The molecule has 0 atom stereocenters. The molecule has 180 valence electrons. The highest BCUT2D eigenvalue weighted by Crippen LogP contribution is 2.34. The third-order valence-corrected chi connectivity index (χ3v) is 6.91. The molecule has 2 aliphatic heterocycles. The number of hydrogen-bond acceptors (Lipinski definition) is 10. The molecule has 35 heavy (non-hydrogen) atoms. The summed E-state index contributed by atoms with van der Waals surface area (Å²) in [6, 6.07) is 8.95. The summed E-state index contributed by atoms with van der Waals surface area (Å²) < 4.78 is 23.0. The van der Waals surface area contributed by atoms with Crippen LogP contribution in [0.4, 0.5) is 5.13 Å². The normalized spacial score (nSPS) is 15.0. The van der Waals surface area contributed by atoms with Gasteiger partial charge in [-0.25, -0.2) is 9.78 Å². The number of rotatable bonds is 6. The summed E-state index contributed by atoms with van der Waals surface area (Å²) in [5.74, 6) is 1.45. The highest BCUT2D eigenvalue weighted by Gasteiger charge is 2.23. The van der Waals surface area contributed by atoms with Crippen LogP contribution in [0.2, 0.25) is 0 Å². The number of nitrogens with one attached hydrogen (secondary N) is 1. The lowest BCUT2D eigenvalue weighted by Gasteiger charge is -2.25. The minimum atomic E-state index is -0.542. The van der Waals surface area contributed by atoms with E-state index in [1.54, 1.807) is 18.2 Å². The number of anilines is 1. The summed E-state index contributed by atoms with van der Waals surface area (Å²) in [5.41, 5.74) is 1.20. The fourth-order valence-corrected chi connectivity index (χ4v) is 5.11. The Kier molecular flexibility index (Phi) is 5.58. The fraction of sp³-hybridized carbons (Fsp3) is 0.304. The molecule has 6 rings (SSSR count). The molecule has 12 heteroatoms. The maximum absolute atomic E-state index is 13.0. The zero-order valence-electron chi connectivity index (χ0n) is 18.6. The minimum absolute atomic E-state index is 0.184. The third-order valence-electron chi connectivity index (χ3n) is 5.77. The first-order chi connectivity index (χ1) is 17.2. The van der Waals surface area contributed by atoms with Crippen molar-refractivity contribution in [1.82, 2.24) is 19.9 Å². The first-order valence-electron chi connectivity index (χ1n) is 11.1. The Morgan fingerprint density at radius 3 is 2.80 bits per heavy atom. The topological polar surface area (TPSA) is 121 Å². The van der Waals surface area contributed by atoms with Crippen LogP contribution < -0.4 is 25.4 Å². The Morgan fingerprint density at radius 2 is 1.97 bits per heavy atom. The van der Waals surface area contributed by atoms with E-state index in [2.05, 4.69) is 15.2 Å². The Balaban J connectivity index is 1.29. The van der Waals surface area contributed by atoms with E-state index in [1.807, 2.05) is 12.1 Å². The van der Waals surface area contributed by atoms with E-state index in [-0.39, 0.29) is 25.8 Å². The molecule has 2 aliphatic rings. The van der Waals surface area contributed by atoms with Gasteiger partial charge in [-0.15, -0.1) is 0 Å². The van der Waals surface area contributed by atoms with Crippen molar-refractivity contribution in [2.75, 3.05) is 38.0 Å². The molecule has 3 aromatic heterocycles. The van der Waals surface area contributed by atoms with Crippen LogP contribution in [0.5, 0.6) is 11.5 Å². The summed E-state index contributed by atoms with van der Waals surface area (Å²) in [4.78, 5) is 37.5. The van der Waals surface area contributed by atoms with Gasteiger partial charge in [0.05, 0.1) is 19.5 Å². The number of carbonyl (C=O) groups is 1. The molecular weight excluding hydrogens is 474 g/mol. The molecule has 1 fully saturated rings. The van der Waals surface area contributed by atoms with E-state index in [9.17, 15) is 9.59 Å². The molecule has 1 N–H and O–H groups in total. The number of fused-ring (bicyclic) bond motifs is 2. The van der Waals surface area contributed by atoms with Gasteiger partial charge < -0.3 is 28.8 Å². The van der Waals surface area contributed by atoms with Gasteiger partial charge in [0.1, 0.15) is 22.6 Å². The van der Waals surface area contributed by atoms with Crippen molar-refractivity contribution < 1.29 is 23.4 Å². The van der Waals surface area contributed by atoms with Gasteiger partial charge in [-0.05, 0) is 29.8 Å². The number of nitrogens with zero attached hydrogens (tertiary/aromatic N) is 4. The molecule has 0 spiro atoms. The lowest BCUT2D eigenvalue weighted by molar-refractivity contribution is -0.121. The third kappa shape index (κ3) is 4.21. The monoisotopic (exact) mass is 495 g/mol. The molecule has 5 heterocycles. The van der Waals surface area contributed by atoms with E-state index in [0.29, 0.717) is 59.6 Å². The summed E-state index contributed by atoms with van der Waals surface area (Å²) in [6.45, 7) is 2.89. The number of amides is 1. The van der Waals surface area contributed by atoms with Gasteiger partial charge in [-0.3, -0.25) is 9.36 Å². The molecule has 0 radical (unpaired) electrons. The Hall–Kier alpha value is -3.90. The lowest BCUT2D eigenvalue weighted by atomic mass is 10.2. The Labute approximate surface area is 202 Å². The predicted octanol–water partition coefficient (Wildman–Crippen LogP) is 1.99. The van der Waals surface area contributed by atoms with Crippen molar-refractivity contribution in [2.24, 2.45) is 0 Å². The molecule has 11 nitrogen and oxygen atoms in total. The summed E-state index contributed by atoms with van der Waals surface area (Å²) in [5, 5.41) is 3.61. The molecule has 0 aliphatic carbocycles. The van der Waals surface area contributed by atoms with Crippen molar-refractivity contribution in [3.63, 3.8) is 0 Å². The fourth-order valence-electron chi connectivity index (χ4n) is 4.00.